The molecule has 1 fully saturated rings. The van der Waals surface area contributed by atoms with Gasteiger partial charge in [-0.25, -0.2) is 0 Å². The number of carbonyl (C=O) groups excluding carboxylic acids is 2. The van der Waals surface area contributed by atoms with Crippen LogP contribution in [0.15, 0.2) is 54.6 Å². The Morgan fingerprint density at radius 1 is 1.13 bits per heavy atom. The largest absolute Gasteiger partial charge is 0.338 e. The van der Waals surface area contributed by atoms with Gasteiger partial charge in [0.25, 0.3) is 5.91 Å². The summed E-state index contributed by atoms with van der Waals surface area (Å²) >= 11 is 0. The molecule has 4 heteroatoms. The summed E-state index contributed by atoms with van der Waals surface area (Å²) in [5.74, 6) is 0.147. The van der Waals surface area contributed by atoms with Crippen LogP contribution in [0.4, 0.5) is 5.69 Å². The maximum Gasteiger partial charge on any atom is 0.258 e. The fraction of sp³-hybridized carbons (Fsp3) is 0.263. The van der Waals surface area contributed by atoms with Crippen LogP contribution in [0.5, 0.6) is 0 Å². The average molecular weight is 308 g/mol. The zero-order chi connectivity index (χ0) is 16.2. The first-order valence-electron chi connectivity index (χ1n) is 7.85. The van der Waals surface area contributed by atoms with Crippen LogP contribution in [0.2, 0.25) is 0 Å². The minimum absolute atomic E-state index is 0.0502. The van der Waals surface area contributed by atoms with E-state index in [-0.39, 0.29) is 11.8 Å². The van der Waals surface area contributed by atoms with Crippen molar-refractivity contribution in [2.45, 2.75) is 19.4 Å². The third-order valence-corrected chi connectivity index (χ3v) is 4.17. The van der Waals surface area contributed by atoms with Crippen LogP contribution in [0, 0.1) is 0 Å². The molecule has 0 N–H and O–H groups in total. The van der Waals surface area contributed by atoms with Gasteiger partial charge in [-0.2, -0.15) is 0 Å². The highest BCUT2D eigenvalue weighted by Crippen LogP contribution is 2.18. The molecule has 0 aromatic heterocycles. The zero-order valence-corrected chi connectivity index (χ0v) is 13.2. The van der Waals surface area contributed by atoms with Crippen molar-refractivity contribution in [3.8, 4) is 0 Å². The van der Waals surface area contributed by atoms with Crippen LogP contribution in [-0.4, -0.2) is 30.3 Å². The van der Waals surface area contributed by atoms with Crippen molar-refractivity contribution in [1.82, 2.24) is 4.90 Å². The molecule has 1 heterocycles. The number of hydrogen-bond donors (Lipinski definition) is 0. The summed E-state index contributed by atoms with van der Waals surface area (Å²) < 4.78 is 0. The zero-order valence-electron chi connectivity index (χ0n) is 13.2. The Morgan fingerprint density at radius 2 is 1.91 bits per heavy atom. The molecular weight excluding hydrogens is 288 g/mol. The number of benzene rings is 2. The first-order chi connectivity index (χ1) is 11.1. The third-order valence-electron chi connectivity index (χ3n) is 4.17. The predicted molar refractivity (Wildman–Crippen MR) is 90.3 cm³/mol. The summed E-state index contributed by atoms with van der Waals surface area (Å²) in [5.41, 5.74) is 2.49. The van der Waals surface area contributed by atoms with E-state index >= 15 is 0 Å². The number of para-hydroxylation sites is 1. The van der Waals surface area contributed by atoms with Crippen molar-refractivity contribution >= 4 is 17.5 Å². The number of carbonyl (C=O) groups is 2. The maximum absolute atomic E-state index is 12.6. The molecule has 2 aromatic carbocycles. The fourth-order valence-corrected chi connectivity index (χ4v) is 2.86. The minimum atomic E-state index is -0.0502. The highest BCUT2D eigenvalue weighted by Gasteiger charge is 2.20. The number of likely N-dealkylation sites (tertiary alicyclic amines) is 1. The molecular formula is C19H20N2O2. The van der Waals surface area contributed by atoms with E-state index in [9.17, 15) is 9.59 Å². The van der Waals surface area contributed by atoms with Crippen LogP contribution in [-0.2, 0) is 11.3 Å². The quantitative estimate of drug-likeness (QED) is 0.871. The van der Waals surface area contributed by atoms with E-state index in [1.54, 1.807) is 11.9 Å². The van der Waals surface area contributed by atoms with Gasteiger partial charge in [0.15, 0.2) is 0 Å². The Hall–Kier alpha value is -2.62. The van der Waals surface area contributed by atoms with E-state index in [1.807, 2.05) is 59.5 Å². The van der Waals surface area contributed by atoms with Crippen LogP contribution in [0.25, 0.3) is 0 Å². The molecule has 2 amide bonds. The monoisotopic (exact) mass is 308 g/mol. The van der Waals surface area contributed by atoms with Gasteiger partial charge in [0.2, 0.25) is 5.91 Å². The number of hydrogen-bond acceptors (Lipinski definition) is 2. The van der Waals surface area contributed by atoms with E-state index in [0.29, 0.717) is 18.5 Å². The fourth-order valence-electron chi connectivity index (χ4n) is 2.86. The van der Waals surface area contributed by atoms with Crippen LogP contribution in [0.3, 0.4) is 0 Å². The second kappa shape index (κ2) is 6.65. The van der Waals surface area contributed by atoms with Crippen molar-refractivity contribution < 1.29 is 9.59 Å². The van der Waals surface area contributed by atoms with E-state index < -0.39 is 0 Å². The van der Waals surface area contributed by atoms with Gasteiger partial charge in [-0.1, -0.05) is 30.3 Å². The molecule has 0 aliphatic carbocycles. The third kappa shape index (κ3) is 3.42. The Bertz CT molecular complexity index is 712. The second-order valence-electron chi connectivity index (χ2n) is 5.82. The molecule has 3 rings (SSSR count). The predicted octanol–water partition coefficient (Wildman–Crippen LogP) is 3.09. The van der Waals surface area contributed by atoms with Crippen molar-refractivity contribution in [2.24, 2.45) is 0 Å². The Labute approximate surface area is 136 Å². The molecule has 0 bridgehead atoms. The highest BCUT2D eigenvalue weighted by atomic mass is 16.2. The van der Waals surface area contributed by atoms with Crippen molar-refractivity contribution in [2.75, 3.05) is 18.5 Å². The van der Waals surface area contributed by atoms with E-state index in [4.69, 9.17) is 0 Å². The van der Waals surface area contributed by atoms with Crippen LogP contribution < -0.4 is 4.90 Å². The number of rotatable bonds is 4. The first kappa shape index (κ1) is 15.3. The van der Waals surface area contributed by atoms with E-state index in [1.165, 1.54) is 0 Å². The molecule has 0 unspecified atom stereocenters. The van der Waals surface area contributed by atoms with Crippen molar-refractivity contribution in [3.05, 3.63) is 65.7 Å². The number of nitrogens with zero attached hydrogens (tertiary/aromatic N) is 2. The summed E-state index contributed by atoms with van der Waals surface area (Å²) in [6.07, 6.45) is 1.56. The smallest absolute Gasteiger partial charge is 0.258 e. The maximum atomic E-state index is 12.6. The topological polar surface area (TPSA) is 40.6 Å². The first-order valence-corrected chi connectivity index (χ1v) is 7.85. The van der Waals surface area contributed by atoms with Crippen molar-refractivity contribution in [1.29, 1.82) is 0 Å². The van der Waals surface area contributed by atoms with Gasteiger partial charge in [0.05, 0.1) is 0 Å². The van der Waals surface area contributed by atoms with Gasteiger partial charge in [-0.15, -0.1) is 0 Å². The lowest BCUT2D eigenvalue weighted by Crippen LogP contribution is -2.27. The van der Waals surface area contributed by atoms with Crippen LogP contribution >= 0.6 is 0 Å². The Balaban J connectivity index is 1.76. The summed E-state index contributed by atoms with van der Waals surface area (Å²) in [4.78, 5) is 27.9. The number of anilines is 1. The molecule has 118 valence electrons. The molecule has 0 spiro atoms. The molecule has 2 aromatic rings. The SMILES string of the molecule is CN(C(=O)c1cccc(CN2CCCC2=O)c1)c1ccccc1. The molecule has 23 heavy (non-hydrogen) atoms. The number of amides is 2. The molecule has 1 aliphatic rings. The second-order valence-corrected chi connectivity index (χ2v) is 5.82. The van der Waals surface area contributed by atoms with Gasteiger partial charge < -0.3 is 9.80 Å². The van der Waals surface area contributed by atoms with Crippen molar-refractivity contribution in [3.63, 3.8) is 0 Å². The minimum Gasteiger partial charge on any atom is -0.338 e. The lowest BCUT2D eigenvalue weighted by molar-refractivity contribution is -0.128. The van der Waals surface area contributed by atoms with Gasteiger partial charge >= 0.3 is 0 Å². The van der Waals surface area contributed by atoms with Crippen LogP contribution in [0.1, 0.15) is 28.8 Å². The standard InChI is InChI=1S/C19H20N2O2/c1-20(17-9-3-2-4-10-17)19(23)16-8-5-7-15(13-16)14-21-12-6-11-18(21)22/h2-5,7-10,13H,6,11-12,14H2,1H3. The molecule has 0 saturated carbocycles. The summed E-state index contributed by atoms with van der Waals surface area (Å²) in [5, 5.41) is 0. The summed E-state index contributed by atoms with van der Waals surface area (Å²) in [7, 11) is 1.77. The summed E-state index contributed by atoms with van der Waals surface area (Å²) in [6.45, 7) is 1.38. The molecule has 1 saturated heterocycles. The molecule has 4 nitrogen and oxygen atoms in total. The Kier molecular flexibility index (Phi) is 4.42. The molecule has 0 atom stereocenters. The van der Waals surface area contributed by atoms with Gasteiger partial charge in [0.1, 0.15) is 0 Å². The lowest BCUT2D eigenvalue weighted by atomic mass is 10.1. The van der Waals surface area contributed by atoms with E-state index in [0.717, 1.165) is 24.2 Å². The normalized spacial score (nSPS) is 14.1. The van der Waals surface area contributed by atoms with Gasteiger partial charge in [-0.05, 0) is 36.2 Å². The summed E-state index contributed by atoms with van der Waals surface area (Å²) in [6, 6.07) is 17.1. The van der Waals surface area contributed by atoms with Gasteiger partial charge in [0, 0.05) is 37.8 Å². The molecule has 1 aliphatic heterocycles. The van der Waals surface area contributed by atoms with Gasteiger partial charge in [-0.3, -0.25) is 9.59 Å². The molecule has 0 radical (unpaired) electrons. The van der Waals surface area contributed by atoms with E-state index in [2.05, 4.69) is 0 Å². The average Bonchev–Trinajstić information content (AvgIpc) is 2.99. The highest BCUT2D eigenvalue weighted by molar-refractivity contribution is 6.05. The lowest BCUT2D eigenvalue weighted by Gasteiger charge is -2.19. The Morgan fingerprint density at radius 3 is 2.61 bits per heavy atom.